The number of benzene rings is 2. The fourth-order valence-electron chi connectivity index (χ4n) is 2.89. The molecule has 0 aliphatic rings. The van der Waals surface area contributed by atoms with Gasteiger partial charge in [-0.1, -0.05) is 23.2 Å². The predicted molar refractivity (Wildman–Crippen MR) is 122 cm³/mol. The van der Waals surface area contributed by atoms with Gasteiger partial charge in [-0.3, -0.25) is 9.67 Å². The average Bonchev–Trinajstić information content (AvgIpc) is 3.16. The first-order chi connectivity index (χ1) is 15.4. The summed E-state index contributed by atoms with van der Waals surface area (Å²) in [4.78, 5) is 16.5. The van der Waals surface area contributed by atoms with Gasteiger partial charge in [0.1, 0.15) is 17.3 Å². The number of nitrogens with zero attached hydrogens (tertiary/aromatic N) is 3. The third-order valence-electron chi connectivity index (χ3n) is 4.28. The zero-order valence-electron chi connectivity index (χ0n) is 16.6. The maximum Gasteiger partial charge on any atom is 0.323 e. The molecule has 162 valence electrons. The zero-order chi connectivity index (χ0) is 22.7. The molecule has 4 rings (SSSR count). The van der Waals surface area contributed by atoms with Crippen molar-refractivity contribution in [3.8, 4) is 22.8 Å². The number of nitrogens with one attached hydrogen (secondary N) is 2. The van der Waals surface area contributed by atoms with E-state index in [4.69, 9.17) is 27.9 Å². The molecule has 0 unspecified atom stereocenters. The summed E-state index contributed by atoms with van der Waals surface area (Å²) in [6, 6.07) is 11.4. The van der Waals surface area contributed by atoms with Crippen molar-refractivity contribution >= 4 is 40.6 Å². The maximum atomic E-state index is 14.5. The minimum atomic E-state index is -0.664. The summed E-state index contributed by atoms with van der Waals surface area (Å²) in [7, 11) is 1.81. The predicted octanol–water partition coefficient (Wildman–Crippen LogP) is 6.36. The Labute approximate surface area is 192 Å². The molecule has 0 fully saturated rings. The summed E-state index contributed by atoms with van der Waals surface area (Å²) in [5.74, 6) is 0.0799. The smallest absolute Gasteiger partial charge is 0.323 e. The molecule has 4 aromatic rings. The van der Waals surface area contributed by atoms with Gasteiger partial charge in [0.05, 0.1) is 17.6 Å². The highest BCUT2D eigenvalue weighted by atomic mass is 35.5. The second-order valence-electron chi connectivity index (χ2n) is 6.76. The second-order valence-corrected chi connectivity index (χ2v) is 7.63. The van der Waals surface area contributed by atoms with E-state index in [2.05, 4.69) is 20.7 Å². The number of anilines is 2. The van der Waals surface area contributed by atoms with Crippen molar-refractivity contribution in [1.82, 2.24) is 14.8 Å². The number of carbonyl (C=O) groups excluding carboxylic acids is 1. The van der Waals surface area contributed by atoms with Gasteiger partial charge in [0.25, 0.3) is 0 Å². The topological polar surface area (TPSA) is 81.1 Å². The molecule has 0 atom stereocenters. The van der Waals surface area contributed by atoms with Crippen LogP contribution in [0.25, 0.3) is 11.3 Å². The lowest BCUT2D eigenvalue weighted by Crippen LogP contribution is -2.20. The second kappa shape index (κ2) is 9.25. The van der Waals surface area contributed by atoms with Crippen LogP contribution in [0.4, 0.5) is 20.6 Å². The largest absolute Gasteiger partial charge is 0.457 e. The summed E-state index contributed by atoms with van der Waals surface area (Å²) in [5.41, 5.74) is 1.86. The number of urea groups is 1. The fraction of sp³-hybridized carbons (Fsp3) is 0.0455. The Bertz CT molecular complexity index is 1270. The molecule has 7 nitrogen and oxygen atoms in total. The number of amides is 2. The lowest BCUT2D eigenvalue weighted by Gasteiger charge is -2.11. The number of hydrogen-bond donors (Lipinski definition) is 2. The molecule has 0 saturated carbocycles. The number of hydrogen-bond acceptors (Lipinski definition) is 4. The van der Waals surface area contributed by atoms with Crippen molar-refractivity contribution in [2.24, 2.45) is 7.05 Å². The standard InChI is InChI=1S/C22H16Cl2FN5O2/c1-30-12-13(11-27-30)21-10-18(4-5-26-21)32-17-2-3-20(19(25)9-17)29-22(31)28-16-7-14(23)6-15(24)8-16/h2-12H,1H3,(H2,28,29,31). The molecule has 2 heterocycles. The summed E-state index contributed by atoms with van der Waals surface area (Å²) < 4.78 is 22.0. The van der Waals surface area contributed by atoms with Crippen LogP contribution in [0.2, 0.25) is 10.0 Å². The van der Waals surface area contributed by atoms with Crippen molar-refractivity contribution in [3.05, 3.63) is 83.0 Å². The van der Waals surface area contributed by atoms with Crippen LogP contribution in [0.3, 0.4) is 0 Å². The Morgan fingerprint density at radius 2 is 1.78 bits per heavy atom. The van der Waals surface area contributed by atoms with E-state index in [9.17, 15) is 9.18 Å². The van der Waals surface area contributed by atoms with Gasteiger partial charge in [0.15, 0.2) is 0 Å². The van der Waals surface area contributed by atoms with Crippen LogP contribution in [0, 0.1) is 5.82 Å². The van der Waals surface area contributed by atoms with Gasteiger partial charge in [-0.05, 0) is 36.4 Å². The van der Waals surface area contributed by atoms with Crippen LogP contribution >= 0.6 is 23.2 Å². The highest BCUT2D eigenvalue weighted by Crippen LogP contribution is 2.28. The minimum Gasteiger partial charge on any atom is -0.457 e. The van der Waals surface area contributed by atoms with Crippen molar-refractivity contribution in [2.45, 2.75) is 0 Å². The molecule has 10 heteroatoms. The van der Waals surface area contributed by atoms with Crippen molar-refractivity contribution in [3.63, 3.8) is 0 Å². The van der Waals surface area contributed by atoms with Crippen LogP contribution in [-0.4, -0.2) is 20.8 Å². The van der Waals surface area contributed by atoms with Crippen LogP contribution in [0.15, 0.2) is 67.1 Å². The van der Waals surface area contributed by atoms with E-state index in [-0.39, 0.29) is 11.4 Å². The fourth-order valence-corrected chi connectivity index (χ4v) is 3.42. The van der Waals surface area contributed by atoms with Crippen molar-refractivity contribution in [1.29, 1.82) is 0 Å². The summed E-state index contributed by atoms with van der Waals surface area (Å²) >= 11 is 11.8. The van der Waals surface area contributed by atoms with E-state index >= 15 is 0 Å². The Morgan fingerprint density at radius 1 is 1.03 bits per heavy atom. The van der Waals surface area contributed by atoms with E-state index in [1.807, 2.05) is 13.2 Å². The lowest BCUT2D eigenvalue weighted by atomic mass is 10.2. The van der Waals surface area contributed by atoms with Gasteiger partial charge in [0.2, 0.25) is 0 Å². The number of rotatable bonds is 5. The van der Waals surface area contributed by atoms with Crippen LogP contribution in [0.1, 0.15) is 0 Å². The van der Waals surface area contributed by atoms with Gasteiger partial charge in [-0.15, -0.1) is 0 Å². The number of halogens is 3. The Hall–Kier alpha value is -3.62. The summed E-state index contributed by atoms with van der Waals surface area (Å²) in [6.07, 6.45) is 5.11. The molecular formula is C22H16Cl2FN5O2. The molecular weight excluding hydrogens is 456 g/mol. The highest BCUT2D eigenvalue weighted by molar-refractivity contribution is 6.35. The molecule has 0 radical (unpaired) electrons. The number of ether oxygens (including phenoxy) is 1. The lowest BCUT2D eigenvalue weighted by molar-refractivity contribution is 0.262. The summed E-state index contributed by atoms with van der Waals surface area (Å²) in [5, 5.41) is 9.83. The minimum absolute atomic E-state index is 0.0197. The van der Waals surface area contributed by atoms with E-state index < -0.39 is 11.8 Å². The Balaban J connectivity index is 1.43. The first kappa shape index (κ1) is 21.6. The molecule has 0 aliphatic carbocycles. The quantitative estimate of drug-likeness (QED) is 0.354. The molecule has 0 aliphatic heterocycles. The van der Waals surface area contributed by atoms with Gasteiger partial charge >= 0.3 is 6.03 Å². The van der Waals surface area contributed by atoms with Gasteiger partial charge in [-0.25, -0.2) is 9.18 Å². The highest BCUT2D eigenvalue weighted by Gasteiger charge is 2.11. The Morgan fingerprint density at radius 3 is 2.47 bits per heavy atom. The molecule has 2 amide bonds. The van der Waals surface area contributed by atoms with E-state index in [0.29, 0.717) is 27.2 Å². The van der Waals surface area contributed by atoms with Crippen molar-refractivity contribution < 1.29 is 13.9 Å². The number of aryl methyl sites for hydroxylation is 1. The summed E-state index contributed by atoms with van der Waals surface area (Å²) in [6.45, 7) is 0. The zero-order valence-corrected chi connectivity index (χ0v) is 18.2. The Kier molecular flexibility index (Phi) is 6.25. The van der Waals surface area contributed by atoms with Crippen LogP contribution < -0.4 is 15.4 Å². The number of carbonyl (C=O) groups is 1. The van der Waals surface area contributed by atoms with Gasteiger partial charge in [-0.2, -0.15) is 5.10 Å². The molecule has 0 bridgehead atoms. The van der Waals surface area contributed by atoms with E-state index in [0.717, 1.165) is 5.56 Å². The normalized spacial score (nSPS) is 10.6. The first-order valence-corrected chi connectivity index (χ1v) is 10.1. The SMILES string of the molecule is Cn1cc(-c2cc(Oc3ccc(NC(=O)Nc4cc(Cl)cc(Cl)c4)c(F)c3)ccn2)cn1. The maximum absolute atomic E-state index is 14.5. The van der Waals surface area contributed by atoms with Gasteiger partial charge < -0.3 is 15.4 Å². The number of aromatic nitrogens is 3. The molecule has 0 saturated heterocycles. The molecule has 2 aromatic carbocycles. The molecule has 2 N–H and O–H groups in total. The molecule has 32 heavy (non-hydrogen) atoms. The van der Waals surface area contributed by atoms with Crippen molar-refractivity contribution in [2.75, 3.05) is 10.6 Å². The third kappa shape index (κ3) is 5.35. The van der Waals surface area contributed by atoms with Gasteiger partial charge in [0, 0.05) is 52.9 Å². The van der Waals surface area contributed by atoms with Crippen LogP contribution in [0.5, 0.6) is 11.5 Å². The third-order valence-corrected chi connectivity index (χ3v) is 4.71. The monoisotopic (exact) mass is 471 g/mol. The van der Waals surface area contributed by atoms with E-state index in [1.54, 1.807) is 35.3 Å². The average molecular weight is 472 g/mol. The molecule has 2 aromatic heterocycles. The van der Waals surface area contributed by atoms with E-state index in [1.165, 1.54) is 30.3 Å². The van der Waals surface area contributed by atoms with Crippen LogP contribution in [-0.2, 0) is 7.05 Å². The first-order valence-electron chi connectivity index (χ1n) is 9.32. The number of pyridine rings is 1. The molecule has 0 spiro atoms.